The van der Waals surface area contributed by atoms with Gasteiger partial charge in [0.1, 0.15) is 44.1 Å². The standard InChI is InChI=1S/C14H17BrN4O/c1-17-4-6-18(7-5-17)10-12-8-14(20)19-9-11(15)2-3-13(19)16-12/h2-3,8-9H,4-7,10H2,1H3/p+2. The molecule has 0 aromatic carbocycles. The number of fused-ring (bicyclic) bond motifs is 1. The molecule has 0 aliphatic carbocycles. The second-order valence-corrected chi connectivity index (χ2v) is 6.46. The van der Waals surface area contributed by atoms with Crippen LogP contribution in [-0.2, 0) is 6.54 Å². The molecule has 2 N–H and O–H groups in total. The molecular formula is C14H19BrN4O+2. The number of rotatable bonds is 2. The van der Waals surface area contributed by atoms with Gasteiger partial charge in [-0.2, -0.15) is 0 Å². The molecule has 0 unspecified atom stereocenters. The van der Waals surface area contributed by atoms with Crippen molar-refractivity contribution in [3.8, 4) is 0 Å². The van der Waals surface area contributed by atoms with E-state index < -0.39 is 0 Å². The predicted molar refractivity (Wildman–Crippen MR) is 80.2 cm³/mol. The third-order valence-corrected chi connectivity index (χ3v) is 4.39. The molecule has 0 spiro atoms. The molecule has 2 aromatic heterocycles. The Morgan fingerprint density at radius 1 is 1.30 bits per heavy atom. The minimum atomic E-state index is -0.00884. The number of hydrogen-bond acceptors (Lipinski definition) is 2. The number of piperazine rings is 1. The summed E-state index contributed by atoms with van der Waals surface area (Å²) >= 11 is 3.38. The minimum absolute atomic E-state index is 0.00884. The SMILES string of the molecule is C[NH+]1CC[NH+](Cc2cc(=O)n3cc(Br)ccc3n2)CC1. The first-order chi connectivity index (χ1) is 9.61. The lowest BCUT2D eigenvalue weighted by atomic mass is 10.3. The van der Waals surface area contributed by atoms with E-state index in [-0.39, 0.29) is 5.56 Å². The van der Waals surface area contributed by atoms with E-state index in [0.717, 1.165) is 35.4 Å². The van der Waals surface area contributed by atoms with Crippen LogP contribution in [0.25, 0.3) is 5.65 Å². The van der Waals surface area contributed by atoms with E-state index in [0.29, 0.717) is 0 Å². The first kappa shape index (κ1) is 13.7. The van der Waals surface area contributed by atoms with E-state index in [1.54, 1.807) is 21.6 Å². The molecule has 2 aromatic rings. The Bertz CT molecular complexity index is 676. The zero-order valence-electron chi connectivity index (χ0n) is 11.5. The zero-order valence-corrected chi connectivity index (χ0v) is 13.1. The maximum atomic E-state index is 12.1. The molecule has 1 aliphatic rings. The fraction of sp³-hybridized carbons (Fsp3) is 0.429. The van der Waals surface area contributed by atoms with Crippen molar-refractivity contribution in [3.05, 3.63) is 44.9 Å². The summed E-state index contributed by atoms with van der Waals surface area (Å²) in [5, 5.41) is 0. The van der Waals surface area contributed by atoms with Crippen LogP contribution in [0, 0.1) is 0 Å². The molecule has 1 aliphatic heterocycles. The van der Waals surface area contributed by atoms with Gasteiger partial charge >= 0.3 is 0 Å². The van der Waals surface area contributed by atoms with Gasteiger partial charge in [0.05, 0.1) is 7.05 Å². The molecule has 106 valence electrons. The maximum absolute atomic E-state index is 12.1. The summed E-state index contributed by atoms with van der Waals surface area (Å²) < 4.78 is 2.46. The molecule has 3 heterocycles. The van der Waals surface area contributed by atoms with Crippen LogP contribution in [0.3, 0.4) is 0 Å². The highest BCUT2D eigenvalue weighted by molar-refractivity contribution is 9.10. The maximum Gasteiger partial charge on any atom is 0.258 e. The van der Waals surface area contributed by atoms with Crippen molar-refractivity contribution in [2.75, 3.05) is 33.2 Å². The minimum Gasteiger partial charge on any atom is -0.328 e. The quantitative estimate of drug-likeness (QED) is 0.690. The van der Waals surface area contributed by atoms with Crippen LogP contribution in [0.2, 0.25) is 0 Å². The number of nitrogens with zero attached hydrogens (tertiary/aromatic N) is 2. The van der Waals surface area contributed by atoms with Gasteiger partial charge in [-0.15, -0.1) is 0 Å². The van der Waals surface area contributed by atoms with Crippen LogP contribution in [0.4, 0.5) is 0 Å². The van der Waals surface area contributed by atoms with Gasteiger partial charge in [0, 0.05) is 16.7 Å². The number of hydrogen-bond donors (Lipinski definition) is 2. The van der Waals surface area contributed by atoms with Gasteiger partial charge in [0.25, 0.3) is 5.56 Å². The summed E-state index contributed by atoms with van der Waals surface area (Å²) in [6.45, 7) is 5.51. The number of pyridine rings is 1. The summed E-state index contributed by atoms with van der Waals surface area (Å²) in [5.41, 5.74) is 1.60. The van der Waals surface area contributed by atoms with Gasteiger partial charge < -0.3 is 9.80 Å². The second-order valence-electron chi connectivity index (χ2n) is 5.55. The van der Waals surface area contributed by atoms with Crippen LogP contribution in [0.5, 0.6) is 0 Å². The molecule has 0 saturated carbocycles. The van der Waals surface area contributed by atoms with Gasteiger partial charge in [-0.3, -0.25) is 9.20 Å². The van der Waals surface area contributed by atoms with E-state index in [1.165, 1.54) is 18.0 Å². The number of quaternary nitrogens is 2. The summed E-state index contributed by atoms with van der Waals surface area (Å²) in [5.74, 6) is 0. The first-order valence-electron chi connectivity index (χ1n) is 6.94. The highest BCUT2D eigenvalue weighted by atomic mass is 79.9. The van der Waals surface area contributed by atoms with E-state index >= 15 is 0 Å². The Balaban J connectivity index is 1.85. The Kier molecular flexibility index (Phi) is 3.87. The number of halogens is 1. The highest BCUT2D eigenvalue weighted by Gasteiger charge is 2.20. The van der Waals surface area contributed by atoms with E-state index in [2.05, 4.69) is 28.0 Å². The Labute approximate surface area is 126 Å². The van der Waals surface area contributed by atoms with Crippen LogP contribution in [-0.4, -0.2) is 42.6 Å². The van der Waals surface area contributed by atoms with Crippen LogP contribution in [0.1, 0.15) is 5.69 Å². The lowest BCUT2D eigenvalue weighted by Gasteiger charge is -2.26. The first-order valence-corrected chi connectivity index (χ1v) is 7.74. The molecule has 0 bridgehead atoms. The van der Waals surface area contributed by atoms with Gasteiger partial charge in [0.15, 0.2) is 0 Å². The van der Waals surface area contributed by atoms with Crippen molar-refractivity contribution in [1.82, 2.24) is 9.38 Å². The lowest BCUT2D eigenvalue weighted by molar-refractivity contribution is -1.01. The Morgan fingerprint density at radius 2 is 2.05 bits per heavy atom. The topological polar surface area (TPSA) is 43.2 Å². The van der Waals surface area contributed by atoms with Gasteiger partial charge in [-0.1, -0.05) is 0 Å². The van der Waals surface area contributed by atoms with Gasteiger partial charge in [-0.25, -0.2) is 4.98 Å². The monoisotopic (exact) mass is 338 g/mol. The molecule has 0 atom stereocenters. The van der Waals surface area contributed by atoms with Crippen LogP contribution in [0.15, 0.2) is 33.7 Å². The van der Waals surface area contributed by atoms with Crippen LogP contribution >= 0.6 is 15.9 Å². The van der Waals surface area contributed by atoms with Crippen molar-refractivity contribution in [2.24, 2.45) is 0 Å². The zero-order chi connectivity index (χ0) is 14.1. The van der Waals surface area contributed by atoms with E-state index in [4.69, 9.17) is 0 Å². The molecule has 3 rings (SSSR count). The summed E-state index contributed by atoms with van der Waals surface area (Å²) in [4.78, 5) is 19.8. The fourth-order valence-electron chi connectivity index (χ4n) is 2.68. The molecular weight excluding hydrogens is 320 g/mol. The highest BCUT2D eigenvalue weighted by Crippen LogP contribution is 2.09. The molecule has 5 nitrogen and oxygen atoms in total. The average molecular weight is 339 g/mol. The Hall–Kier alpha value is -1.24. The molecule has 0 amide bonds. The normalized spacial score (nSPS) is 23.1. The molecule has 20 heavy (non-hydrogen) atoms. The predicted octanol–water partition coefficient (Wildman–Crippen LogP) is -1.63. The van der Waals surface area contributed by atoms with E-state index in [1.807, 2.05) is 12.1 Å². The van der Waals surface area contributed by atoms with Crippen LogP contribution < -0.4 is 15.4 Å². The van der Waals surface area contributed by atoms with Crippen molar-refractivity contribution >= 4 is 21.6 Å². The lowest BCUT2D eigenvalue weighted by Crippen LogP contribution is -3.26. The van der Waals surface area contributed by atoms with E-state index in [9.17, 15) is 4.79 Å². The molecule has 6 heteroatoms. The second kappa shape index (κ2) is 5.63. The van der Waals surface area contributed by atoms with Crippen molar-refractivity contribution in [3.63, 3.8) is 0 Å². The number of nitrogens with one attached hydrogen (secondary N) is 2. The number of likely N-dealkylation sites (N-methyl/N-ethyl adjacent to an activating group) is 1. The average Bonchev–Trinajstić information content (AvgIpc) is 2.42. The Morgan fingerprint density at radius 3 is 2.80 bits per heavy atom. The van der Waals surface area contributed by atoms with Gasteiger partial charge in [0.2, 0.25) is 0 Å². The van der Waals surface area contributed by atoms with Crippen molar-refractivity contribution < 1.29 is 9.80 Å². The molecule has 1 fully saturated rings. The number of aromatic nitrogens is 2. The fourth-order valence-corrected chi connectivity index (χ4v) is 3.02. The summed E-state index contributed by atoms with van der Waals surface area (Å²) in [6.07, 6.45) is 1.76. The third-order valence-electron chi connectivity index (χ3n) is 3.92. The largest absolute Gasteiger partial charge is 0.328 e. The van der Waals surface area contributed by atoms with Crippen molar-refractivity contribution in [1.29, 1.82) is 0 Å². The summed E-state index contributed by atoms with van der Waals surface area (Å²) in [7, 11) is 2.23. The summed E-state index contributed by atoms with van der Waals surface area (Å²) in [6, 6.07) is 5.45. The smallest absolute Gasteiger partial charge is 0.258 e. The van der Waals surface area contributed by atoms with Crippen molar-refractivity contribution in [2.45, 2.75) is 6.54 Å². The van der Waals surface area contributed by atoms with Gasteiger partial charge in [-0.05, 0) is 28.1 Å². The molecule has 0 radical (unpaired) electrons. The molecule has 1 saturated heterocycles. The third kappa shape index (κ3) is 2.92.